The van der Waals surface area contributed by atoms with Crippen LogP contribution in [-0.2, 0) is 17.1 Å². The number of hydrogen-bond donors (Lipinski definition) is 1. The van der Waals surface area contributed by atoms with Gasteiger partial charge in [0.15, 0.2) is 4.90 Å². The number of sulfonamides is 1. The molecule has 0 bridgehead atoms. The molecule has 0 fully saturated rings. The molecular weight excluding hydrogens is 269 g/mol. The molecule has 0 saturated carbocycles. The number of anilines is 1. The molecule has 1 heterocycles. The predicted octanol–water partition coefficient (Wildman–Crippen LogP) is 1.98. The first-order chi connectivity index (χ1) is 8.81. The van der Waals surface area contributed by atoms with Crippen LogP contribution in [0.1, 0.15) is 11.3 Å². The van der Waals surface area contributed by atoms with Crippen molar-refractivity contribution in [3.8, 4) is 0 Å². The van der Waals surface area contributed by atoms with Crippen LogP contribution in [0.2, 0.25) is 0 Å². The van der Waals surface area contributed by atoms with Gasteiger partial charge in [-0.25, -0.2) is 13.1 Å². The number of nitrogens with one attached hydrogen (secondary N) is 1. The van der Waals surface area contributed by atoms with Crippen LogP contribution in [0.3, 0.4) is 0 Å². The van der Waals surface area contributed by atoms with Gasteiger partial charge >= 0.3 is 0 Å². The largest absolute Gasteiger partial charge is 0.279 e. The molecule has 0 aliphatic heterocycles. The van der Waals surface area contributed by atoms with E-state index in [1.165, 1.54) is 14.0 Å². The summed E-state index contributed by atoms with van der Waals surface area (Å²) < 4.78 is 41.3. The van der Waals surface area contributed by atoms with Crippen molar-refractivity contribution in [1.29, 1.82) is 0 Å². The van der Waals surface area contributed by atoms with Gasteiger partial charge in [-0.2, -0.15) is 9.49 Å². The molecule has 19 heavy (non-hydrogen) atoms. The number of rotatable bonds is 3. The van der Waals surface area contributed by atoms with Crippen molar-refractivity contribution in [2.24, 2.45) is 7.05 Å². The summed E-state index contributed by atoms with van der Waals surface area (Å²) in [5.74, 6) is -0.878. The molecular formula is C12H14FN3O2S. The molecule has 1 aromatic heterocycles. The third-order valence-electron chi connectivity index (χ3n) is 2.67. The topological polar surface area (TPSA) is 64.0 Å². The van der Waals surface area contributed by atoms with E-state index in [1.54, 1.807) is 24.3 Å². The van der Waals surface area contributed by atoms with E-state index in [2.05, 4.69) is 9.82 Å². The Balaban J connectivity index is 2.40. The van der Waals surface area contributed by atoms with E-state index in [9.17, 15) is 12.8 Å². The van der Waals surface area contributed by atoms with Crippen molar-refractivity contribution in [3.05, 3.63) is 41.5 Å². The Hall–Kier alpha value is -1.89. The number of benzene rings is 1. The minimum Gasteiger partial charge on any atom is -0.279 e. The number of hydrogen-bond acceptors (Lipinski definition) is 3. The maximum atomic E-state index is 13.8. The second kappa shape index (κ2) is 4.65. The van der Waals surface area contributed by atoms with E-state index < -0.39 is 20.9 Å². The van der Waals surface area contributed by atoms with Crippen LogP contribution in [0, 0.1) is 19.8 Å². The number of nitrogens with zero attached hydrogens (tertiary/aromatic N) is 2. The number of halogens is 1. The molecule has 0 spiro atoms. The van der Waals surface area contributed by atoms with Gasteiger partial charge in [-0.1, -0.05) is 17.7 Å². The average molecular weight is 283 g/mol. The van der Waals surface area contributed by atoms with Gasteiger partial charge in [0.1, 0.15) is 0 Å². The van der Waals surface area contributed by atoms with Crippen molar-refractivity contribution >= 4 is 15.7 Å². The third kappa shape index (κ3) is 2.60. The van der Waals surface area contributed by atoms with Crippen LogP contribution < -0.4 is 4.72 Å². The van der Waals surface area contributed by atoms with E-state index >= 15 is 0 Å². The maximum Gasteiger partial charge on any atom is 0.268 e. The first-order valence-electron chi connectivity index (χ1n) is 5.60. The number of aryl methyl sites for hydroxylation is 3. The van der Waals surface area contributed by atoms with E-state index in [1.807, 2.05) is 6.92 Å². The molecule has 0 aliphatic carbocycles. The molecule has 1 aromatic carbocycles. The first-order valence-corrected chi connectivity index (χ1v) is 7.08. The highest BCUT2D eigenvalue weighted by atomic mass is 32.2. The molecule has 102 valence electrons. The zero-order valence-corrected chi connectivity index (χ0v) is 11.6. The van der Waals surface area contributed by atoms with Crippen molar-refractivity contribution in [2.45, 2.75) is 18.7 Å². The van der Waals surface area contributed by atoms with Gasteiger partial charge in [0.25, 0.3) is 10.0 Å². The molecule has 2 rings (SSSR count). The fourth-order valence-electron chi connectivity index (χ4n) is 1.74. The Morgan fingerprint density at radius 2 is 1.79 bits per heavy atom. The molecule has 7 heteroatoms. The van der Waals surface area contributed by atoms with Crippen molar-refractivity contribution < 1.29 is 12.8 Å². The van der Waals surface area contributed by atoms with Crippen molar-refractivity contribution in [1.82, 2.24) is 9.78 Å². The molecule has 0 radical (unpaired) electrons. The SMILES string of the molecule is Cc1ccc(NS(=O)(=O)c2c(C)nn(C)c2F)cc1. The predicted molar refractivity (Wildman–Crippen MR) is 69.9 cm³/mol. The highest BCUT2D eigenvalue weighted by molar-refractivity contribution is 7.92. The lowest BCUT2D eigenvalue weighted by Gasteiger charge is -2.07. The number of aromatic nitrogens is 2. The summed E-state index contributed by atoms with van der Waals surface area (Å²) in [5.41, 5.74) is 1.51. The van der Waals surface area contributed by atoms with E-state index in [0.717, 1.165) is 10.2 Å². The zero-order valence-electron chi connectivity index (χ0n) is 10.8. The van der Waals surface area contributed by atoms with Gasteiger partial charge < -0.3 is 0 Å². The first kappa shape index (κ1) is 13.5. The van der Waals surface area contributed by atoms with Crippen LogP contribution in [0.5, 0.6) is 0 Å². The monoisotopic (exact) mass is 283 g/mol. The van der Waals surface area contributed by atoms with E-state index in [4.69, 9.17) is 0 Å². The second-order valence-corrected chi connectivity index (χ2v) is 5.92. The quantitative estimate of drug-likeness (QED) is 0.936. The summed E-state index contributed by atoms with van der Waals surface area (Å²) in [6.07, 6.45) is 0. The van der Waals surface area contributed by atoms with Gasteiger partial charge in [-0.3, -0.25) is 4.72 Å². The summed E-state index contributed by atoms with van der Waals surface area (Å²) >= 11 is 0. The summed E-state index contributed by atoms with van der Waals surface area (Å²) in [5, 5.41) is 3.76. The van der Waals surface area contributed by atoms with Crippen LogP contribution in [0.4, 0.5) is 10.1 Å². The Morgan fingerprint density at radius 1 is 1.21 bits per heavy atom. The fourth-order valence-corrected chi connectivity index (χ4v) is 3.08. The van der Waals surface area contributed by atoms with Crippen LogP contribution in [0.25, 0.3) is 0 Å². The van der Waals surface area contributed by atoms with Gasteiger partial charge in [-0.15, -0.1) is 0 Å². The summed E-state index contributed by atoms with van der Waals surface area (Å²) in [6, 6.07) is 6.78. The van der Waals surface area contributed by atoms with Crippen LogP contribution >= 0.6 is 0 Å². The van der Waals surface area contributed by atoms with Gasteiger partial charge in [-0.05, 0) is 26.0 Å². The minimum absolute atomic E-state index is 0.125. The lowest BCUT2D eigenvalue weighted by molar-refractivity contribution is 0.483. The Bertz CT molecular complexity index is 705. The Labute approximate surface area is 111 Å². The smallest absolute Gasteiger partial charge is 0.268 e. The summed E-state index contributed by atoms with van der Waals surface area (Å²) in [4.78, 5) is -0.421. The summed E-state index contributed by atoms with van der Waals surface area (Å²) in [6.45, 7) is 3.34. The molecule has 1 N–H and O–H groups in total. The van der Waals surface area contributed by atoms with Gasteiger partial charge in [0, 0.05) is 12.7 Å². The Kier molecular flexibility index (Phi) is 3.32. The van der Waals surface area contributed by atoms with Gasteiger partial charge in [0.2, 0.25) is 5.95 Å². The van der Waals surface area contributed by atoms with Crippen molar-refractivity contribution in [3.63, 3.8) is 0 Å². The lowest BCUT2D eigenvalue weighted by Crippen LogP contribution is -2.15. The van der Waals surface area contributed by atoms with Gasteiger partial charge in [0.05, 0.1) is 5.69 Å². The fraction of sp³-hybridized carbons (Fsp3) is 0.250. The molecule has 0 aliphatic rings. The minimum atomic E-state index is -3.98. The molecule has 0 amide bonds. The zero-order chi connectivity index (χ0) is 14.2. The third-order valence-corrected chi connectivity index (χ3v) is 4.18. The molecule has 5 nitrogen and oxygen atoms in total. The molecule has 2 aromatic rings. The Morgan fingerprint density at radius 3 is 2.26 bits per heavy atom. The average Bonchev–Trinajstić information content (AvgIpc) is 2.56. The molecule has 0 atom stereocenters. The maximum absolute atomic E-state index is 13.8. The standard InChI is InChI=1S/C12H14FN3O2S/c1-8-4-6-10(7-5-8)15-19(17,18)11-9(2)14-16(3)12(11)13/h4-7,15H,1-3H3. The normalized spacial score (nSPS) is 11.6. The molecule has 0 saturated heterocycles. The summed E-state index contributed by atoms with van der Waals surface area (Å²) in [7, 11) is -2.62. The van der Waals surface area contributed by atoms with E-state index in [0.29, 0.717) is 5.69 Å². The van der Waals surface area contributed by atoms with Crippen LogP contribution in [0.15, 0.2) is 29.2 Å². The van der Waals surface area contributed by atoms with Crippen LogP contribution in [-0.4, -0.2) is 18.2 Å². The second-order valence-electron chi connectivity index (χ2n) is 4.30. The highest BCUT2D eigenvalue weighted by Crippen LogP contribution is 2.21. The lowest BCUT2D eigenvalue weighted by atomic mass is 10.2. The van der Waals surface area contributed by atoms with Crippen molar-refractivity contribution in [2.75, 3.05) is 4.72 Å². The highest BCUT2D eigenvalue weighted by Gasteiger charge is 2.26. The molecule has 0 unspecified atom stereocenters. The van der Waals surface area contributed by atoms with E-state index in [-0.39, 0.29) is 5.69 Å².